The first-order valence-electron chi connectivity index (χ1n) is 5.67. The summed E-state index contributed by atoms with van der Waals surface area (Å²) in [5, 5.41) is 0. The van der Waals surface area contributed by atoms with Crippen molar-refractivity contribution in [3.05, 3.63) is 48.3 Å². The number of para-hydroxylation sites is 2. The Morgan fingerprint density at radius 2 is 2.06 bits per heavy atom. The molecule has 0 aliphatic carbocycles. The SMILES string of the molecule is CCc1cc(-c2nc3ccccc3o2)ccn1. The van der Waals surface area contributed by atoms with Crippen molar-refractivity contribution in [2.24, 2.45) is 0 Å². The Morgan fingerprint density at radius 3 is 2.88 bits per heavy atom. The van der Waals surface area contributed by atoms with E-state index in [0.29, 0.717) is 5.89 Å². The van der Waals surface area contributed by atoms with Crippen LogP contribution >= 0.6 is 0 Å². The van der Waals surface area contributed by atoms with Gasteiger partial charge in [0.25, 0.3) is 0 Å². The van der Waals surface area contributed by atoms with Gasteiger partial charge in [0.2, 0.25) is 5.89 Å². The highest BCUT2D eigenvalue weighted by atomic mass is 16.3. The Hall–Kier alpha value is -2.16. The number of benzene rings is 1. The van der Waals surface area contributed by atoms with Crippen molar-refractivity contribution in [1.82, 2.24) is 9.97 Å². The quantitative estimate of drug-likeness (QED) is 0.669. The molecule has 0 bridgehead atoms. The molecular weight excluding hydrogens is 212 g/mol. The van der Waals surface area contributed by atoms with E-state index in [4.69, 9.17) is 4.42 Å². The zero-order valence-corrected chi connectivity index (χ0v) is 9.55. The monoisotopic (exact) mass is 224 g/mol. The number of hydrogen-bond acceptors (Lipinski definition) is 3. The minimum Gasteiger partial charge on any atom is -0.436 e. The highest BCUT2D eigenvalue weighted by Crippen LogP contribution is 2.23. The number of oxazole rings is 1. The average molecular weight is 224 g/mol. The topological polar surface area (TPSA) is 38.9 Å². The third kappa shape index (κ3) is 1.80. The Labute approximate surface area is 99.1 Å². The molecule has 0 aliphatic rings. The molecule has 3 rings (SSSR count). The molecule has 17 heavy (non-hydrogen) atoms. The maximum absolute atomic E-state index is 5.71. The lowest BCUT2D eigenvalue weighted by Crippen LogP contribution is -1.87. The number of rotatable bonds is 2. The van der Waals surface area contributed by atoms with E-state index in [9.17, 15) is 0 Å². The van der Waals surface area contributed by atoms with Crippen LogP contribution in [0.3, 0.4) is 0 Å². The average Bonchev–Trinajstić information content (AvgIpc) is 2.82. The van der Waals surface area contributed by atoms with Crippen molar-refractivity contribution >= 4 is 11.1 Å². The van der Waals surface area contributed by atoms with Crippen LogP contribution in [0.5, 0.6) is 0 Å². The van der Waals surface area contributed by atoms with Gasteiger partial charge in [-0.1, -0.05) is 19.1 Å². The van der Waals surface area contributed by atoms with Crippen LogP contribution in [0.25, 0.3) is 22.6 Å². The summed E-state index contributed by atoms with van der Waals surface area (Å²) in [5.41, 5.74) is 3.73. The largest absolute Gasteiger partial charge is 0.436 e. The molecule has 0 fully saturated rings. The summed E-state index contributed by atoms with van der Waals surface area (Å²) in [7, 11) is 0. The summed E-state index contributed by atoms with van der Waals surface area (Å²) in [4.78, 5) is 8.73. The van der Waals surface area contributed by atoms with Gasteiger partial charge >= 0.3 is 0 Å². The predicted octanol–water partition coefficient (Wildman–Crippen LogP) is 3.45. The standard InChI is InChI=1S/C14H12N2O/c1-2-11-9-10(7-8-15-11)14-16-12-5-3-4-6-13(12)17-14/h3-9H,2H2,1H3. The first-order valence-corrected chi connectivity index (χ1v) is 5.67. The lowest BCUT2D eigenvalue weighted by molar-refractivity contribution is 0.619. The fourth-order valence-corrected chi connectivity index (χ4v) is 1.80. The van der Waals surface area contributed by atoms with Gasteiger partial charge in [-0.25, -0.2) is 4.98 Å². The molecule has 0 amide bonds. The van der Waals surface area contributed by atoms with Crippen molar-refractivity contribution in [1.29, 1.82) is 0 Å². The van der Waals surface area contributed by atoms with Gasteiger partial charge in [0, 0.05) is 17.5 Å². The van der Waals surface area contributed by atoms with E-state index in [0.717, 1.165) is 28.8 Å². The molecule has 0 radical (unpaired) electrons. The zero-order chi connectivity index (χ0) is 11.7. The molecule has 0 saturated heterocycles. The van der Waals surface area contributed by atoms with Crippen molar-refractivity contribution in [3.63, 3.8) is 0 Å². The molecule has 1 aromatic carbocycles. The van der Waals surface area contributed by atoms with Crippen molar-refractivity contribution in [2.75, 3.05) is 0 Å². The fourth-order valence-electron chi connectivity index (χ4n) is 1.80. The Bertz CT molecular complexity index is 625. The molecule has 0 N–H and O–H groups in total. The van der Waals surface area contributed by atoms with E-state index in [1.54, 1.807) is 6.20 Å². The second-order valence-electron chi connectivity index (χ2n) is 3.88. The molecule has 0 saturated carbocycles. The first kappa shape index (κ1) is 10.0. The molecule has 2 heterocycles. The molecular formula is C14H12N2O. The maximum atomic E-state index is 5.71. The van der Waals surface area contributed by atoms with E-state index < -0.39 is 0 Å². The predicted molar refractivity (Wildman–Crippen MR) is 66.6 cm³/mol. The van der Waals surface area contributed by atoms with Gasteiger partial charge in [-0.3, -0.25) is 4.98 Å². The lowest BCUT2D eigenvalue weighted by atomic mass is 10.2. The molecule has 2 aromatic heterocycles. The second kappa shape index (κ2) is 4.01. The summed E-state index contributed by atoms with van der Waals surface area (Å²) < 4.78 is 5.71. The number of pyridine rings is 1. The number of nitrogens with zero attached hydrogens (tertiary/aromatic N) is 2. The molecule has 0 spiro atoms. The van der Waals surface area contributed by atoms with Crippen LogP contribution in [-0.2, 0) is 6.42 Å². The molecule has 84 valence electrons. The lowest BCUT2D eigenvalue weighted by Gasteiger charge is -1.97. The highest BCUT2D eigenvalue weighted by Gasteiger charge is 2.07. The minimum atomic E-state index is 0.656. The zero-order valence-electron chi connectivity index (χ0n) is 9.55. The number of aryl methyl sites for hydroxylation is 1. The smallest absolute Gasteiger partial charge is 0.227 e. The summed E-state index contributed by atoms with van der Waals surface area (Å²) in [6.07, 6.45) is 2.71. The van der Waals surface area contributed by atoms with E-state index in [1.807, 2.05) is 36.4 Å². The molecule has 0 atom stereocenters. The highest BCUT2D eigenvalue weighted by molar-refractivity contribution is 5.75. The third-order valence-corrected chi connectivity index (χ3v) is 2.72. The number of hydrogen-bond donors (Lipinski definition) is 0. The molecule has 0 unspecified atom stereocenters. The Kier molecular flexibility index (Phi) is 2.37. The van der Waals surface area contributed by atoms with Gasteiger partial charge in [0.15, 0.2) is 5.58 Å². The summed E-state index contributed by atoms with van der Waals surface area (Å²) in [5.74, 6) is 0.656. The van der Waals surface area contributed by atoms with Crippen LogP contribution in [0.4, 0.5) is 0 Å². The summed E-state index contributed by atoms with van der Waals surface area (Å²) >= 11 is 0. The number of fused-ring (bicyclic) bond motifs is 1. The van der Waals surface area contributed by atoms with Crippen molar-refractivity contribution in [2.45, 2.75) is 13.3 Å². The van der Waals surface area contributed by atoms with Crippen molar-refractivity contribution < 1.29 is 4.42 Å². The fraction of sp³-hybridized carbons (Fsp3) is 0.143. The van der Waals surface area contributed by atoms with Crippen LogP contribution in [-0.4, -0.2) is 9.97 Å². The molecule has 3 heteroatoms. The molecule has 3 nitrogen and oxygen atoms in total. The van der Waals surface area contributed by atoms with Gasteiger partial charge in [0.1, 0.15) is 5.52 Å². The first-order chi connectivity index (χ1) is 8.36. The van der Waals surface area contributed by atoms with Gasteiger partial charge in [-0.05, 0) is 30.7 Å². The summed E-state index contributed by atoms with van der Waals surface area (Å²) in [6, 6.07) is 11.7. The Balaban J connectivity index is 2.13. The number of aromatic nitrogens is 2. The van der Waals surface area contributed by atoms with Crippen LogP contribution < -0.4 is 0 Å². The minimum absolute atomic E-state index is 0.656. The molecule has 3 aromatic rings. The van der Waals surface area contributed by atoms with Crippen LogP contribution in [0, 0.1) is 0 Å². The van der Waals surface area contributed by atoms with Crippen LogP contribution in [0.15, 0.2) is 47.0 Å². The van der Waals surface area contributed by atoms with E-state index >= 15 is 0 Å². The van der Waals surface area contributed by atoms with Gasteiger partial charge in [-0.15, -0.1) is 0 Å². The van der Waals surface area contributed by atoms with Gasteiger partial charge in [-0.2, -0.15) is 0 Å². The Morgan fingerprint density at radius 1 is 1.18 bits per heavy atom. The summed E-state index contributed by atoms with van der Waals surface area (Å²) in [6.45, 7) is 2.08. The van der Waals surface area contributed by atoms with Crippen molar-refractivity contribution in [3.8, 4) is 11.5 Å². The van der Waals surface area contributed by atoms with Crippen LogP contribution in [0.1, 0.15) is 12.6 Å². The van der Waals surface area contributed by atoms with E-state index in [1.165, 1.54) is 0 Å². The van der Waals surface area contributed by atoms with Gasteiger partial charge < -0.3 is 4.42 Å². The van der Waals surface area contributed by atoms with E-state index in [-0.39, 0.29) is 0 Å². The maximum Gasteiger partial charge on any atom is 0.227 e. The second-order valence-corrected chi connectivity index (χ2v) is 3.88. The van der Waals surface area contributed by atoms with Crippen LogP contribution in [0.2, 0.25) is 0 Å². The van der Waals surface area contributed by atoms with Gasteiger partial charge in [0.05, 0.1) is 0 Å². The van der Waals surface area contributed by atoms with E-state index in [2.05, 4.69) is 16.9 Å². The third-order valence-electron chi connectivity index (χ3n) is 2.72. The normalized spacial score (nSPS) is 10.9. The molecule has 0 aliphatic heterocycles.